The molecule has 1 N–H and O–H groups in total. The van der Waals surface area contributed by atoms with Crippen molar-refractivity contribution in [3.05, 3.63) is 0 Å². The molecule has 2 nitrogen and oxygen atoms in total. The molecule has 0 aromatic heterocycles. The van der Waals surface area contributed by atoms with Gasteiger partial charge in [-0.2, -0.15) is 0 Å². The monoisotopic (exact) mass is 269 g/mol. The average Bonchev–Trinajstić information content (AvgIpc) is 2.38. The largest absolute Gasteiger partial charge is 0.376 e. The summed E-state index contributed by atoms with van der Waals surface area (Å²) in [5, 5.41) is 3.81. The Morgan fingerprint density at radius 3 is 2.21 bits per heavy atom. The third-order valence-corrected chi connectivity index (χ3v) is 4.31. The Kier molecular flexibility index (Phi) is 7.38. The minimum absolute atomic E-state index is 0.207. The molecule has 0 aromatic carbocycles. The lowest BCUT2D eigenvalue weighted by molar-refractivity contribution is -0.0525. The molecule has 2 atom stereocenters. The van der Waals surface area contributed by atoms with E-state index in [1.54, 1.807) is 0 Å². The van der Waals surface area contributed by atoms with Crippen LogP contribution in [0.15, 0.2) is 0 Å². The van der Waals surface area contributed by atoms with Gasteiger partial charge in [-0.25, -0.2) is 0 Å². The molecule has 19 heavy (non-hydrogen) atoms. The second-order valence-corrected chi connectivity index (χ2v) is 7.12. The smallest absolute Gasteiger partial charge is 0.0778 e. The zero-order valence-electron chi connectivity index (χ0n) is 13.8. The molecule has 114 valence electrons. The van der Waals surface area contributed by atoms with Gasteiger partial charge in [-0.1, -0.05) is 47.0 Å². The van der Waals surface area contributed by atoms with Crippen molar-refractivity contribution in [2.75, 3.05) is 13.2 Å². The lowest BCUT2D eigenvalue weighted by Crippen LogP contribution is -2.52. The van der Waals surface area contributed by atoms with Crippen LogP contribution in [-0.2, 0) is 4.74 Å². The van der Waals surface area contributed by atoms with Crippen LogP contribution < -0.4 is 5.32 Å². The minimum Gasteiger partial charge on any atom is -0.376 e. The summed E-state index contributed by atoms with van der Waals surface area (Å²) in [6, 6.07) is 0.528. The Hall–Kier alpha value is -0.0800. The van der Waals surface area contributed by atoms with Gasteiger partial charge < -0.3 is 10.1 Å². The standard InChI is InChI=1S/C17H35NO/c1-6-13-18-15(14-11-9-8-10-12-14)16(19-7-2)17(3,4)5/h14-16,18H,6-13H2,1-5H3. The second-order valence-electron chi connectivity index (χ2n) is 7.12. The summed E-state index contributed by atoms with van der Waals surface area (Å²) in [7, 11) is 0. The van der Waals surface area contributed by atoms with E-state index < -0.39 is 0 Å². The summed E-state index contributed by atoms with van der Waals surface area (Å²) >= 11 is 0. The van der Waals surface area contributed by atoms with Gasteiger partial charge in [0.2, 0.25) is 0 Å². The molecule has 2 unspecified atom stereocenters. The molecule has 1 fully saturated rings. The van der Waals surface area contributed by atoms with E-state index in [-0.39, 0.29) is 5.41 Å². The van der Waals surface area contributed by atoms with E-state index in [1.165, 1.54) is 38.5 Å². The molecule has 0 aromatic rings. The fourth-order valence-corrected chi connectivity index (χ4v) is 3.40. The Bertz CT molecular complexity index is 228. The van der Waals surface area contributed by atoms with Gasteiger partial charge in [-0.3, -0.25) is 0 Å². The minimum atomic E-state index is 0.207. The Morgan fingerprint density at radius 1 is 1.11 bits per heavy atom. The molecular formula is C17H35NO. The van der Waals surface area contributed by atoms with E-state index in [2.05, 4.69) is 39.9 Å². The van der Waals surface area contributed by atoms with E-state index in [9.17, 15) is 0 Å². The highest BCUT2D eigenvalue weighted by atomic mass is 16.5. The highest BCUT2D eigenvalue weighted by molar-refractivity contribution is 4.91. The predicted molar refractivity (Wildman–Crippen MR) is 83.5 cm³/mol. The summed E-state index contributed by atoms with van der Waals surface area (Å²) < 4.78 is 6.16. The van der Waals surface area contributed by atoms with Crippen LogP contribution in [0.25, 0.3) is 0 Å². The molecule has 1 aliphatic rings. The number of hydrogen-bond acceptors (Lipinski definition) is 2. The average molecular weight is 269 g/mol. The van der Waals surface area contributed by atoms with Gasteiger partial charge in [0.1, 0.15) is 0 Å². The summed E-state index contributed by atoms with van der Waals surface area (Å²) in [6.07, 6.45) is 8.50. The maximum atomic E-state index is 6.16. The van der Waals surface area contributed by atoms with Crippen molar-refractivity contribution in [2.24, 2.45) is 11.3 Å². The van der Waals surface area contributed by atoms with Crippen LogP contribution in [0.3, 0.4) is 0 Å². The maximum Gasteiger partial charge on any atom is 0.0778 e. The molecule has 1 rings (SSSR count). The molecule has 0 heterocycles. The second kappa shape index (κ2) is 8.26. The molecule has 0 bridgehead atoms. The van der Waals surface area contributed by atoms with Crippen LogP contribution in [0, 0.1) is 11.3 Å². The fourth-order valence-electron chi connectivity index (χ4n) is 3.40. The van der Waals surface area contributed by atoms with Crippen LogP contribution in [0.4, 0.5) is 0 Å². The number of ether oxygens (including phenoxy) is 1. The van der Waals surface area contributed by atoms with E-state index in [0.717, 1.165) is 19.1 Å². The molecule has 0 amide bonds. The fraction of sp³-hybridized carbons (Fsp3) is 1.00. The van der Waals surface area contributed by atoms with E-state index in [1.807, 2.05) is 0 Å². The van der Waals surface area contributed by atoms with Crippen molar-refractivity contribution in [3.63, 3.8) is 0 Å². The Morgan fingerprint density at radius 2 is 1.74 bits per heavy atom. The molecule has 0 aliphatic heterocycles. The van der Waals surface area contributed by atoms with E-state index in [0.29, 0.717) is 12.1 Å². The lowest BCUT2D eigenvalue weighted by atomic mass is 9.75. The van der Waals surface area contributed by atoms with Crippen molar-refractivity contribution < 1.29 is 4.74 Å². The zero-order chi connectivity index (χ0) is 14.3. The van der Waals surface area contributed by atoms with Crippen molar-refractivity contribution in [1.29, 1.82) is 0 Å². The molecule has 1 saturated carbocycles. The van der Waals surface area contributed by atoms with Gasteiger partial charge in [-0.15, -0.1) is 0 Å². The van der Waals surface area contributed by atoms with Crippen molar-refractivity contribution in [1.82, 2.24) is 5.32 Å². The first-order chi connectivity index (χ1) is 9.00. The number of rotatable bonds is 7. The highest BCUT2D eigenvalue weighted by Crippen LogP contribution is 2.34. The topological polar surface area (TPSA) is 21.3 Å². The van der Waals surface area contributed by atoms with Gasteiger partial charge in [-0.05, 0) is 44.1 Å². The first-order valence-electron chi connectivity index (χ1n) is 8.35. The molecule has 2 heteroatoms. The molecule has 1 aliphatic carbocycles. The van der Waals surface area contributed by atoms with Crippen molar-refractivity contribution in [3.8, 4) is 0 Å². The van der Waals surface area contributed by atoms with Crippen LogP contribution in [0.2, 0.25) is 0 Å². The van der Waals surface area contributed by atoms with Gasteiger partial charge >= 0.3 is 0 Å². The first-order valence-corrected chi connectivity index (χ1v) is 8.35. The van der Waals surface area contributed by atoms with Crippen molar-refractivity contribution in [2.45, 2.75) is 85.3 Å². The highest BCUT2D eigenvalue weighted by Gasteiger charge is 2.37. The lowest BCUT2D eigenvalue weighted by Gasteiger charge is -2.42. The molecule has 0 radical (unpaired) electrons. The van der Waals surface area contributed by atoms with Crippen LogP contribution in [0.1, 0.15) is 73.1 Å². The first kappa shape index (κ1) is 17.0. The maximum absolute atomic E-state index is 6.16. The number of nitrogens with one attached hydrogen (secondary N) is 1. The van der Waals surface area contributed by atoms with Gasteiger partial charge in [0.25, 0.3) is 0 Å². The van der Waals surface area contributed by atoms with Crippen LogP contribution in [0.5, 0.6) is 0 Å². The van der Waals surface area contributed by atoms with E-state index in [4.69, 9.17) is 4.74 Å². The third kappa shape index (κ3) is 5.43. The quantitative estimate of drug-likeness (QED) is 0.740. The van der Waals surface area contributed by atoms with Crippen LogP contribution >= 0.6 is 0 Å². The van der Waals surface area contributed by atoms with Gasteiger partial charge in [0.05, 0.1) is 6.10 Å². The van der Waals surface area contributed by atoms with Gasteiger partial charge in [0.15, 0.2) is 0 Å². The van der Waals surface area contributed by atoms with Gasteiger partial charge in [0, 0.05) is 12.6 Å². The number of hydrogen-bond donors (Lipinski definition) is 1. The Balaban J connectivity index is 2.78. The van der Waals surface area contributed by atoms with E-state index >= 15 is 0 Å². The summed E-state index contributed by atoms with van der Waals surface area (Å²) in [4.78, 5) is 0. The zero-order valence-corrected chi connectivity index (χ0v) is 13.8. The summed E-state index contributed by atoms with van der Waals surface area (Å²) in [6.45, 7) is 13.2. The normalized spacial score (nSPS) is 21.3. The summed E-state index contributed by atoms with van der Waals surface area (Å²) in [5.41, 5.74) is 0.207. The van der Waals surface area contributed by atoms with Crippen LogP contribution in [-0.4, -0.2) is 25.3 Å². The van der Waals surface area contributed by atoms with Crippen molar-refractivity contribution >= 4 is 0 Å². The molecular weight excluding hydrogens is 234 g/mol. The predicted octanol–water partition coefficient (Wildman–Crippen LogP) is 4.39. The SMILES string of the molecule is CCCNC(C1CCCCC1)C(OCC)C(C)(C)C. The molecule has 0 spiro atoms. The molecule has 0 saturated heterocycles. The Labute approximate surface area is 120 Å². The summed E-state index contributed by atoms with van der Waals surface area (Å²) in [5.74, 6) is 0.802. The third-order valence-electron chi connectivity index (χ3n) is 4.31.